The summed E-state index contributed by atoms with van der Waals surface area (Å²) in [5, 5.41) is 0. The quantitative estimate of drug-likeness (QED) is 0.346. The molecule has 1 aliphatic rings. The van der Waals surface area contributed by atoms with Gasteiger partial charge in [0.25, 0.3) is 11.8 Å². The number of ether oxygens (including phenoxy) is 2. The third kappa shape index (κ3) is 6.60. The molecule has 1 atom stereocenters. The number of rotatable bonds is 8. The minimum Gasteiger partial charge on any atom is -0.497 e. The Hall–Kier alpha value is -3.68. The molecule has 1 saturated heterocycles. The van der Waals surface area contributed by atoms with Crippen LogP contribution in [0.4, 0.5) is 20.3 Å². The molecule has 6 nitrogen and oxygen atoms in total. The van der Waals surface area contributed by atoms with E-state index in [2.05, 4.69) is 4.98 Å². The summed E-state index contributed by atoms with van der Waals surface area (Å²) in [6.07, 6.45) is 1.85. The molecule has 1 fully saturated rings. The average Bonchev–Trinajstić information content (AvgIpc) is 2.90. The van der Waals surface area contributed by atoms with Crippen molar-refractivity contribution in [2.24, 2.45) is 11.3 Å². The summed E-state index contributed by atoms with van der Waals surface area (Å²) in [5.74, 6) is -2.67. The first-order valence-electron chi connectivity index (χ1n) is 12.8. The van der Waals surface area contributed by atoms with Gasteiger partial charge in [0.1, 0.15) is 17.3 Å². The fourth-order valence-electron chi connectivity index (χ4n) is 4.58. The summed E-state index contributed by atoms with van der Waals surface area (Å²) in [7, 11) is 1.52. The zero-order valence-corrected chi connectivity index (χ0v) is 22.4. The second kappa shape index (κ2) is 11.4. The molecular weight excluding hydrogens is 488 g/mol. The number of carbonyl (C=O) groups is 1. The van der Waals surface area contributed by atoms with Crippen molar-refractivity contribution in [3.05, 3.63) is 78.5 Å². The summed E-state index contributed by atoms with van der Waals surface area (Å²) in [6.45, 7) is 6.27. The van der Waals surface area contributed by atoms with Crippen molar-refractivity contribution >= 4 is 17.4 Å². The predicted molar refractivity (Wildman–Crippen MR) is 146 cm³/mol. The third-order valence-electron chi connectivity index (χ3n) is 6.52. The highest BCUT2D eigenvalue weighted by Crippen LogP contribution is 2.38. The summed E-state index contributed by atoms with van der Waals surface area (Å²) in [4.78, 5) is 21.6. The Balaban J connectivity index is 1.61. The second-order valence-corrected chi connectivity index (χ2v) is 10.8. The zero-order valence-electron chi connectivity index (χ0n) is 22.4. The first-order valence-corrected chi connectivity index (χ1v) is 12.8. The number of nitrogens with zero attached hydrogens (tertiary/aromatic N) is 3. The van der Waals surface area contributed by atoms with Crippen LogP contribution >= 0.6 is 0 Å². The maximum absolute atomic E-state index is 15.4. The minimum absolute atomic E-state index is 0.0756. The second-order valence-electron chi connectivity index (χ2n) is 10.8. The lowest BCUT2D eigenvalue weighted by Crippen LogP contribution is -2.51. The van der Waals surface area contributed by atoms with Crippen LogP contribution in [-0.2, 0) is 0 Å². The number of hydrogen-bond acceptors (Lipinski definition) is 5. The van der Waals surface area contributed by atoms with Crippen LogP contribution in [0.25, 0.3) is 0 Å². The van der Waals surface area contributed by atoms with E-state index in [0.717, 1.165) is 0 Å². The van der Waals surface area contributed by atoms with Crippen LogP contribution in [0.3, 0.4) is 0 Å². The maximum atomic E-state index is 15.4. The van der Waals surface area contributed by atoms with Gasteiger partial charge in [0.15, 0.2) is 0 Å². The summed E-state index contributed by atoms with van der Waals surface area (Å²) in [6, 6.07) is 19.4. The Bertz CT molecular complexity index is 1220. The van der Waals surface area contributed by atoms with E-state index in [1.807, 2.05) is 45.0 Å². The number of para-hydroxylation sites is 1. The van der Waals surface area contributed by atoms with Crippen LogP contribution in [0.5, 0.6) is 11.5 Å². The SMILES string of the molecule is COc1ccc(C(=O)N(CC(C)(C)C)c2ccccn2)c(N2CCC(COc3ccccc3)C(F)(F)C2)c1. The van der Waals surface area contributed by atoms with Crippen LogP contribution < -0.4 is 19.3 Å². The van der Waals surface area contributed by atoms with Crippen molar-refractivity contribution in [1.82, 2.24) is 4.98 Å². The molecule has 0 aliphatic carbocycles. The van der Waals surface area contributed by atoms with E-state index in [-0.39, 0.29) is 24.3 Å². The monoisotopic (exact) mass is 523 g/mol. The zero-order chi connectivity index (χ0) is 27.3. The van der Waals surface area contributed by atoms with E-state index in [4.69, 9.17) is 9.47 Å². The number of methoxy groups -OCH3 is 1. The molecule has 4 rings (SSSR count). The molecule has 1 aromatic heterocycles. The highest BCUT2D eigenvalue weighted by atomic mass is 19.3. The van der Waals surface area contributed by atoms with Crippen LogP contribution in [0, 0.1) is 11.3 Å². The lowest BCUT2D eigenvalue weighted by Gasteiger charge is -2.40. The average molecular weight is 524 g/mol. The van der Waals surface area contributed by atoms with E-state index in [1.54, 1.807) is 58.5 Å². The number of carbonyl (C=O) groups excluding carboxylic acids is 1. The van der Waals surface area contributed by atoms with Crippen molar-refractivity contribution in [1.29, 1.82) is 0 Å². The van der Waals surface area contributed by atoms with Gasteiger partial charge in [-0.25, -0.2) is 13.8 Å². The van der Waals surface area contributed by atoms with Gasteiger partial charge in [0.2, 0.25) is 0 Å². The van der Waals surface area contributed by atoms with Crippen LogP contribution in [-0.4, -0.2) is 50.2 Å². The maximum Gasteiger partial charge on any atom is 0.271 e. The predicted octanol–water partition coefficient (Wildman–Crippen LogP) is 6.32. The van der Waals surface area contributed by atoms with Crippen LogP contribution in [0.2, 0.25) is 0 Å². The van der Waals surface area contributed by atoms with Crippen molar-refractivity contribution in [2.75, 3.05) is 43.2 Å². The molecule has 38 heavy (non-hydrogen) atoms. The molecule has 2 aromatic carbocycles. The van der Waals surface area contributed by atoms with Crippen molar-refractivity contribution in [3.8, 4) is 11.5 Å². The number of aromatic nitrogens is 1. The highest BCUT2D eigenvalue weighted by Gasteiger charge is 2.46. The Morgan fingerprint density at radius 2 is 1.82 bits per heavy atom. The van der Waals surface area contributed by atoms with E-state index in [9.17, 15) is 4.79 Å². The fraction of sp³-hybridized carbons (Fsp3) is 0.400. The molecule has 8 heteroatoms. The number of pyridine rings is 1. The van der Waals surface area contributed by atoms with E-state index < -0.39 is 18.4 Å². The molecule has 0 spiro atoms. The summed E-state index contributed by atoms with van der Waals surface area (Å²) < 4.78 is 41.9. The number of benzene rings is 2. The van der Waals surface area contributed by atoms with Gasteiger partial charge in [-0.1, -0.05) is 45.0 Å². The molecule has 0 N–H and O–H groups in total. The van der Waals surface area contributed by atoms with Gasteiger partial charge >= 0.3 is 0 Å². The molecular formula is C30H35F2N3O3. The topological polar surface area (TPSA) is 54.9 Å². The van der Waals surface area contributed by atoms with Gasteiger partial charge < -0.3 is 14.4 Å². The first kappa shape index (κ1) is 27.4. The number of anilines is 2. The Kier molecular flexibility index (Phi) is 8.19. The van der Waals surface area contributed by atoms with Crippen molar-refractivity contribution in [3.63, 3.8) is 0 Å². The lowest BCUT2D eigenvalue weighted by molar-refractivity contribution is -0.0784. The van der Waals surface area contributed by atoms with Crippen LogP contribution in [0.1, 0.15) is 37.6 Å². The molecule has 202 valence electrons. The normalized spacial score (nSPS) is 17.1. The molecule has 0 saturated carbocycles. The van der Waals surface area contributed by atoms with E-state index in [0.29, 0.717) is 41.7 Å². The molecule has 2 heterocycles. The van der Waals surface area contributed by atoms with Crippen molar-refractivity contribution in [2.45, 2.75) is 33.1 Å². The highest BCUT2D eigenvalue weighted by molar-refractivity contribution is 6.09. The number of halogens is 2. The molecule has 1 unspecified atom stereocenters. The molecule has 1 amide bonds. The summed E-state index contributed by atoms with van der Waals surface area (Å²) in [5.41, 5.74) is 0.533. The lowest BCUT2D eigenvalue weighted by atomic mass is 9.92. The van der Waals surface area contributed by atoms with Gasteiger partial charge in [-0.15, -0.1) is 0 Å². The molecule has 1 aliphatic heterocycles. The third-order valence-corrected chi connectivity index (χ3v) is 6.52. The number of hydrogen-bond donors (Lipinski definition) is 0. The van der Waals surface area contributed by atoms with Gasteiger partial charge in [0.05, 0.1) is 37.4 Å². The number of alkyl halides is 2. The summed E-state index contributed by atoms with van der Waals surface area (Å²) >= 11 is 0. The number of piperidine rings is 1. The van der Waals surface area contributed by atoms with Gasteiger partial charge in [-0.05, 0) is 48.2 Å². The molecule has 3 aromatic rings. The van der Waals surface area contributed by atoms with E-state index >= 15 is 8.78 Å². The van der Waals surface area contributed by atoms with E-state index in [1.165, 1.54) is 7.11 Å². The Morgan fingerprint density at radius 3 is 2.45 bits per heavy atom. The molecule has 0 bridgehead atoms. The smallest absolute Gasteiger partial charge is 0.271 e. The van der Waals surface area contributed by atoms with Gasteiger partial charge in [-0.2, -0.15) is 0 Å². The standard InChI is InChI=1S/C30H35F2N3O3/c1-29(2,3)20-35(27-12-8-9-16-33-27)28(36)25-14-13-24(37-4)18-26(25)34-17-15-22(30(31,32)21-34)19-38-23-10-6-5-7-11-23/h5-14,16,18,22H,15,17,19-21H2,1-4H3. The first-order chi connectivity index (χ1) is 18.1. The van der Waals surface area contributed by atoms with Gasteiger partial charge in [0, 0.05) is 25.4 Å². The van der Waals surface area contributed by atoms with Gasteiger partial charge in [-0.3, -0.25) is 9.69 Å². The number of amides is 1. The fourth-order valence-corrected chi connectivity index (χ4v) is 4.58. The minimum atomic E-state index is -3.01. The molecule has 0 radical (unpaired) electrons. The Labute approximate surface area is 223 Å². The largest absolute Gasteiger partial charge is 0.497 e. The Morgan fingerprint density at radius 1 is 1.08 bits per heavy atom. The van der Waals surface area contributed by atoms with Crippen molar-refractivity contribution < 1.29 is 23.0 Å². The van der Waals surface area contributed by atoms with Crippen LogP contribution in [0.15, 0.2) is 72.9 Å².